The summed E-state index contributed by atoms with van der Waals surface area (Å²) in [6.45, 7) is 2.47. The van der Waals surface area contributed by atoms with Crippen molar-refractivity contribution in [3.8, 4) is 17.6 Å². The molecule has 6 nitrogen and oxygen atoms in total. The van der Waals surface area contributed by atoms with Crippen LogP contribution in [0.2, 0.25) is 0 Å². The van der Waals surface area contributed by atoms with E-state index in [-0.39, 0.29) is 0 Å². The number of aromatic nitrogens is 2. The summed E-state index contributed by atoms with van der Waals surface area (Å²) in [5.74, 6) is 0.813. The number of pyridine rings is 1. The Morgan fingerprint density at radius 3 is 2.63 bits per heavy atom. The zero-order valence-electron chi connectivity index (χ0n) is 16.4. The molecule has 0 aliphatic carbocycles. The molecule has 0 saturated heterocycles. The summed E-state index contributed by atoms with van der Waals surface area (Å²) < 4.78 is 12.8. The van der Waals surface area contributed by atoms with Gasteiger partial charge in [0.1, 0.15) is 24.2 Å². The fourth-order valence-corrected chi connectivity index (χ4v) is 3.25. The van der Waals surface area contributed by atoms with E-state index < -0.39 is 5.97 Å². The first-order chi connectivity index (χ1) is 14.7. The van der Waals surface area contributed by atoms with Crippen LogP contribution in [-0.4, -0.2) is 22.1 Å². The van der Waals surface area contributed by atoms with E-state index in [4.69, 9.17) is 9.47 Å². The first-order valence-corrected chi connectivity index (χ1v) is 9.55. The fourth-order valence-electron chi connectivity index (χ4n) is 3.25. The van der Waals surface area contributed by atoms with Gasteiger partial charge < -0.3 is 9.47 Å². The van der Waals surface area contributed by atoms with Crippen molar-refractivity contribution < 1.29 is 14.3 Å². The molecule has 0 N–H and O–H groups in total. The van der Waals surface area contributed by atoms with Crippen LogP contribution in [0.25, 0.3) is 16.7 Å². The molecule has 148 valence electrons. The summed E-state index contributed by atoms with van der Waals surface area (Å²) >= 11 is 0. The van der Waals surface area contributed by atoms with Crippen molar-refractivity contribution >= 4 is 16.9 Å². The number of carbonyl (C=O) groups is 1. The summed E-state index contributed by atoms with van der Waals surface area (Å²) in [4.78, 5) is 16.2. The molecule has 0 radical (unpaired) electrons. The highest BCUT2D eigenvalue weighted by Crippen LogP contribution is 2.32. The third kappa shape index (κ3) is 3.74. The first kappa shape index (κ1) is 19.2. The van der Waals surface area contributed by atoms with E-state index in [2.05, 4.69) is 11.1 Å². The Labute approximate surface area is 173 Å². The lowest BCUT2D eigenvalue weighted by atomic mass is 10.1. The minimum Gasteiger partial charge on any atom is -0.488 e. The predicted molar refractivity (Wildman–Crippen MR) is 113 cm³/mol. The van der Waals surface area contributed by atoms with E-state index >= 15 is 0 Å². The standard InChI is InChI=1S/C24H19N3O3/c1-2-29-24(28)18-11-12-22(26-14-18)27-15-19(13-25)23-20(27)9-6-10-21(23)30-16-17-7-4-3-5-8-17/h3-12,14-15H,2,16H2,1H3. The quantitative estimate of drug-likeness (QED) is 0.443. The van der Waals surface area contributed by atoms with Crippen LogP contribution in [0.1, 0.15) is 28.4 Å². The molecule has 0 saturated carbocycles. The summed E-state index contributed by atoms with van der Waals surface area (Å²) in [7, 11) is 0. The first-order valence-electron chi connectivity index (χ1n) is 9.55. The minimum atomic E-state index is -0.414. The predicted octanol–water partition coefficient (Wildman–Crippen LogP) is 4.65. The van der Waals surface area contributed by atoms with Gasteiger partial charge in [0.2, 0.25) is 0 Å². The Morgan fingerprint density at radius 1 is 1.10 bits per heavy atom. The molecule has 6 heteroatoms. The Hall–Kier alpha value is -4.11. The summed E-state index contributed by atoms with van der Waals surface area (Å²) in [5.41, 5.74) is 2.71. The highest BCUT2D eigenvalue weighted by molar-refractivity contribution is 5.93. The number of hydrogen-bond donors (Lipinski definition) is 0. The van der Waals surface area contributed by atoms with E-state index in [1.807, 2.05) is 53.1 Å². The Balaban J connectivity index is 1.70. The number of rotatable bonds is 6. The van der Waals surface area contributed by atoms with E-state index in [9.17, 15) is 10.1 Å². The van der Waals surface area contributed by atoms with Gasteiger partial charge >= 0.3 is 5.97 Å². The van der Waals surface area contributed by atoms with Crippen LogP contribution >= 0.6 is 0 Å². The lowest BCUT2D eigenvalue weighted by Gasteiger charge is -2.09. The number of fused-ring (bicyclic) bond motifs is 1. The number of hydrogen-bond acceptors (Lipinski definition) is 5. The van der Waals surface area contributed by atoms with Crippen LogP contribution in [0.3, 0.4) is 0 Å². The van der Waals surface area contributed by atoms with E-state index in [0.717, 1.165) is 16.5 Å². The van der Waals surface area contributed by atoms with Crippen LogP contribution in [-0.2, 0) is 11.3 Å². The molecule has 2 aromatic carbocycles. The maximum absolute atomic E-state index is 11.9. The number of esters is 1. The molecule has 0 bridgehead atoms. The molecule has 2 heterocycles. The Morgan fingerprint density at radius 2 is 1.93 bits per heavy atom. The zero-order chi connectivity index (χ0) is 20.9. The summed E-state index contributed by atoms with van der Waals surface area (Å²) in [5, 5.41) is 10.4. The molecule has 0 aliphatic heterocycles. The molecule has 0 fully saturated rings. The molecule has 0 aliphatic rings. The van der Waals surface area contributed by atoms with Crippen molar-refractivity contribution in [1.82, 2.24) is 9.55 Å². The van der Waals surface area contributed by atoms with Crippen molar-refractivity contribution in [1.29, 1.82) is 5.26 Å². The van der Waals surface area contributed by atoms with E-state index in [1.54, 1.807) is 25.3 Å². The average Bonchev–Trinajstić information content (AvgIpc) is 3.18. The lowest BCUT2D eigenvalue weighted by Crippen LogP contribution is -2.06. The SMILES string of the molecule is CCOC(=O)c1ccc(-n2cc(C#N)c3c(OCc4ccccc4)cccc32)nc1. The molecular weight excluding hydrogens is 378 g/mol. The summed E-state index contributed by atoms with van der Waals surface area (Å²) in [6.07, 6.45) is 3.20. The molecule has 30 heavy (non-hydrogen) atoms. The normalized spacial score (nSPS) is 10.5. The van der Waals surface area contributed by atoms with Gasteiger partial charge in [0.25, 0.3) is 0 Å². The van der Waals surface area contributed by atoms with Gasteiger partial charge in [-0.2, -0.15) is 5.26 Å². The van der Waals surface area contributed by atoms with Gasteiger partial charge in [0.05, 0.1) is 28.6 Å². The van der Waals surface area contributed by atoms with Crippen LogP contribution in [0.5, 0.6) is 5.75 Å². The highest BCUT2D eigenvalue weighted by Gasteiger charge is 2.16. The Bertz CT molecular complexity index is 1220. The number of benzene rings is 2. The third-order valence-corrected chi connectivity index (χ3v) is 4.65. The number of nitrogens with zero attached hydrogens (tertiary/aromatic N) is 3. The number of ether oxygens (including phenoxy) is 2. The molecule has 0 atom stereocenters. The van der Waals surface area contributed by atoms with Crippen molar-refractivity contribution in [3.05, 3.63) is 89.7 Å². The Kier molecular flexibility index (Phi) is 5.44. The van der Waals surface area contributed by atoms with Gasteiger partial charge in [-0.25, -0.2) is 9.78 Å². The van der Waals surface area contributed by atoms with Crippen molar-refractivity contribution in [2.24, 2.45) is 0 Å². The van der Waals surface area contributed by atoms with E-state index in [0.29, 0.717) is 35.9 Å². The molecule has 0 amide bonds. The van der Waals surface area contributed by atoms with Crippen LogP contribution in [0, 0.1) is 11.3 Å². The van der Waals surface area contributed by atoms with Gasteiger partial charge in [0.15, 0.2) is 0 Å². The van der Waals surface area contributed by atoms with E-state index in [1.165, 1.54) is 6.20 Å². The largest absolute Gasteiger partial charge is 0.488 e. The highest BCUT2D eigenvalue weighted by atomic mass is 16.5. The minimum absolute atomic E-state index is 0.306. The fraction of sp³-hybridized carbons (Fsp3) is 0.125. The second-order valence-corrected chi connectivity index (χ2v) is 6.57. The van der Waals surface area contributed by atoms with Gasteiger partial charge in [0, 0.05) is 12.4 Å². The number of carbonyl (C=O) groups excluding carboxylic acids is 1. The second-order valence-electron chi connectivity index (χ2n) is 6.57. The molecular formula is C24H19N3O3. The second kappa shape index (κ2) is 8.50. The zero-order valence-corrected chi connectivity index (χ0v) is 16.4. The topological polar surface area (TPSA) is 77.1 Å². The molecule has 0 unspecified atom stereocenters. The summed E-state index contributed by atoms with van der Waals surface area (Å²) in [6, 6.07) is 21.1. The average molecular weight is 397 g/mol. The maximum atomic E-state index is 11.9. The number of nitriles is 1. The smallest absolute Gasteiger partial charge is 0.339 e. The van der Waals surface area contributed by atoms with Crippen molar-refractivity contribution in [2.45, 2.75) is 13.5 Å². The molecule has 4 aromatic rings. The van der Waals surface area contributed by atoms with Crippen molar-refractivity contribution in [3.63, 3.8) is 0 Å². The van der Waals surface area contributed by atoms with Gasteiger partial charge in [-0.15, -0.1) is 0 Å². The molecule has 2 aromatic heterocycles. The van der Waals surface area contributed by atoms with Crippen LogP contribution in [0.15, 0.2) is 73.1 Å². The third-order valence-electron chi connectivity index (χ3n) is 4.65. The molecule has 4 rings (SSSR count). The molecule has 0 spiro atoms. The van der Waals surface area contributed by atoms with Gasteiger partial charge in [-0.1, -0.05) is 36.4 Å². The monoisotopic (exact) mass is 397 g/mol. The van der Waals surface area contributed by atoms with Crippen LogP contribution in [0.4, 0.5) is 0 Å². The van der Waals surface area contributed by atoms with Crippen molar-refractivity contribution in [2.75, 3.05) is 6.61 Å². The van der Waals surface area contributed by atoms with Gasteiger partial charge in [-0.05, 0) is 36.8 Å². The van der Waals surface area contributed by atoms with Crippen LogP contribution < -0.4 is 4.74 Å². The lowest BCUT2D eigenvalue weighted by molar-refractivity contribution is 0.0526. The van der Waals surface area contributed by atoms with Gasteiger partial charge in [-0.3, -0.25) is 4.57 Å². The maximum Gasteiger partial charge on any atom is 0.339 e.